The van der Waals surface area contributed by atoms with Gasteiger partial charge in [0.2, 0.25) is 0 Å². The summed E-state index contributed by atoms with van der Waals surface area (Å²) in [7, 11) is 1.41. The summed E-state index contributed by atoms with van der Waals surface area (Å²) in [6.45, 7) is 1.86. The largest absolute Gasteiger partial charge is 0.465 e. The number of fused-ring (bicyclic) bond motifs is 3. The van der Waals surface area contributed by atoms with Gasteiger partial charge in [-0.2, -0.15) is 0 Å². The number of aromatic nitrogens is 1. The zero-order valence-corrected chi connectivity index (χ0v) is 11.8. The first-order chi connectivity index (χ1) is 9.70. The number of carbonyl (C=O) groups excluding carboxylic acids is 1. The molecule has 0 amide bonds. The average Bonchev–Trinajstić information content (AvgIpc) is 2.65. The maximum Gasteiger partial charge on any atom is 0.339 e. The van der Waals surface area contributed by atoms with Crippen molar-refractivity contribution in [2.45, 2.75) is 26.2 Å². The van der Waals surface area contributed by atoms with Gasteiger partial charge in [-0.05, 0) is 43.4 Å². The zero-order valence-electron chi connectivity index (χ0n) is 11.8. The second kappa shape index (κ2) is 5.08. The van der Waals surface area contributed by atoms with Crippen molar-refractivity contribution in [1.29, 1.82) is 0 Å². The summed E-state index contributed by atoms with van der Waals surface area (Å²) in [5.74, 6) is -0.310. The molecule has 0 aliphatic heterocycles. The molecule has 1 aliphatic carbocycles. The third-order valence-electron chi connectivity index (χ3n) is 3.86. The SMILES string of the molecule is COC(=O)c1cc2c(nc1C)-c1ccccc1CCC2. The van der Waals surface area contributed by atoms with Crippen molar-refractivity contribution < 1.29 is 9.53 Å². The first-order valence-corrected chi connectivity index (χ1v) is 6.88. The molecule has 0 saturated heterocycles. The Morgan fingerprint density at radius 1 is 1.20 bits per heavy atom. The second-order valence-corrected chi connectivity index (χ2v) is 5.13. The Morgan fingerprint density at radius 3 is 2.75 bits per heavy atom. The van der Waals surface area contributed by atoms with Gasteiger partial charge < -0.3 is 4.74 Å². The fourth-order valence-electron chi connectivity index (χ4n) is 2.83. The van der Waals surface area contributed by atoms with Crippen LogP contribution in [0.15, 0.2) is 30.3 Å². The summed E-state index contributed by atoms with van der Waals surface area (Å²) in [5.41, 5.74) is 5.99. The summed E-state index contributed by atoms with van der Waals surface area (Å²) >= 11 is 0. The molecule has 0 atom stereocenters. The van der Waals surface area contributed by atoms with Crippen molar-refractivity contribution in [3.05, 3.63) is 52.7 Å². The lowest BCUT2D eigenvalue weighted by Crippen LogP contribution is -2.08. The number of methoxy groups -OCH3 is 1. The fourth-order valence-corrected chi connectivity index (χ4v) is 2.83. The van der Waals surface area contributed by atoms with Gasteiger partial charge in [0, 0.05) is 5.56 Å². The maximum absolute atomic E-state index is 11.8. The van der Waals surface area contributed by atoms with Crippen LogP contribution in [-0.4, -0.2) is 18.1 Å². The summed E-state index contributed by atoms with van der Waals surface area (Å²) in [4.78, 5) is 16.5. The Bertz CT molecular complexity index is 677. The molecule has 3 nitrogen and oxygen atoms in total. The highest BCUT2D eigenvalue weighted by Gasteiger charge is 2.19. The van der Waals surface area contributed by atoms with E-state index in [2.05, 4.69) is 23.2 Å². The van der Waals surface area contributed by atoms with E-state index in [-0.39, 0.29) is 5.97 Å². The zero-order chi connectivity index (χ0) is 14.1. The van der Waals surface area contributed by atoms with E-state index in [0.717, 1.165) is 36.2 Å². The molecule has 2 aromatic rings. The van der Waals surface area contributed by atoms with Gasteiger partial charge in [-0.3, -0.25) is 4.98 Å². The highest BCUT2D eigenvalue weighted by Crippen LogP contribution is 2.32. The van der Waals surface area contributed by atoms with Crippen LogP contribution in [0, 0.1) is 6.92 Å². The molecule has 0 bridgehead atoms. The molecule has 1 aromatic heterocycles. The Morgan fingerprint density at radius 2 is 1.95 bits per heavy atom. The lowest BCUT2D eigenvalue weighted by molar-refractivity contribution is 0.0599. The Kier molecular flexibility index (Phi) is 3.26. The lowest BCUT2D eigenvalue weighted by Gasteiger charge is -2.12. The Labute approximate surface area is 118 Å². The number of nitrogens with zero attached hydrogens (tertiary/aromatic N) is 1. The van der Waals surface area contributed by atoms with Crippen molar-refractivity contribution in [2.75, 3.05) is 7.11 Å². The van der Waals surface area contributed by atoms with E-state index >= 15 is 0 Å². The van der Waals surface area contributed by atoms with E-state index in [1.54, 1.807) is 0 Å². The van der Waals surface area contributed by atoms with Gasteiger partial charge in [0.05, 0.1) is 24.1 Å². The highest BCUT2D eigenvalue weighted by atomic mass is 16.5. The average molecular weight is 267 g/mol. The molecule has 20 heavy (non-hydrogen) atoms. The first-order valence-electron chi connectivity index (χ1n) is 6.88. The van der Waals surface area contributed by atoms with Crippen molar-refractivity contribution in [1.82, 2.24) is 4.98 Å². The molecule has 3 heteroatoms. The number of carbonyl (C=O) groups is 1. The van der Waals surface area contributed by atoms with Crippen LogP contribution >= 0.6 is 0 Å². The Balaban J connectivity index is 2.20. The van der Waals surface area contributed by atoms with Gasteiger partial charge in [0.1, 0.15) is 0 Å². The molecule has 0 unspecified atom stereocenters. The maximum atomic E-state index is 11.8. The molecule has 0 saturated carbocycles. The summed E-state index contributed by atoms with van der Waals surface area (Å²) < 4.78 is 4.83. The lowest BCUT2D eigenvalue weighted by atomic mass is 10.00. The van der Waals surface area contributed by atoms with Crippen molar-refractivity contribution in [3.8, 4) is 11.3 Å². The first kappa shape index (κ1) is 12.9. The van der Waals surface area contributed by atoms with Crippen molar-refractivity contribution >= 4 is 5.97 Å². The van der Waals surface area contributed by atoms with Crippen LogP contribution in [0.2, 0.25) is 0 Å². The number of benzene rings is 1. The number of aryl methyl sites for hydroxylation is 3. The molecule has 0 spiro atoms. The number of pyridine rings is 1. The van der Waals surface area contributed by atoms with Gasteiger partial charge in [-0.15, -0.1) is 0 Å². The number of hydrogen-bond donors (Lipinski definition) is 0. The quantitative estimate of drug-likeness (QED) is 0.744. The molecular weight excluding hydrogens is 250 g/mol. The van der Waals surface area contributed by atoms with Crippen LogP contribution in [0.1, 0.15) is 33.6 Å². The van der Waals surface area contributed by atoms with Gasteiger partial charge in [-0.1, -0.05) is 24.3 Å². The monoisotopic (exact) mass is 267 g/mol. The van der Waals surface area contributed by atoms with Crippen LogP contribution in [-0.2, 0) is 17.6 Å². The molecule has 1 heterocycles. The second-order valence-electron chi connectivity index (χ2n) is 5.13. The number of esters is 1. The molecule has 1 aromatic carbocycles. The molecule has 0 radical (unpaired) electrons. The van der Waals surface area contributed by atoms with E-state index in [4.69, 9.17) is 4.74 Å². The highest BCUT2D eigenvalue weighted by molar-refractivity contribution is 5.91. The van der Waals surface area contributed by atoms with E-state index in [1.807, 2.05) is 19.1 Å². The predicted octanol–water partition coefficient (Wildman–Crippen LogP) is 3.33. The topological polar surface area (TPSA) is 39.2 Å². The van der Waals surface area contributed by atoms with Gasteiger partial charge >= 0.3 is 5.97 Å². The third kappa shape index (κ3) is 2.09. The van der Waals surface area contributed by atoms with E-state index in [1.165, 1.54) is 18.2 Å². The third-order valence-corrected chi connectivity index (χ3v) is 3.86. The normalized spacial score (nSPS) is 13.1. The standard InChI is InChI=1S/C17H17NO2/c1-11-15(17(19)20-2)10-13-8-5-7-12-6-3-4-9-14(12)16(13)18-11/h3-4,6,9-10H,5,7-8H2,1-2H3. The Hall–Kier alpha value is -2.16. The summed E-state index contributed by atoms with van der Waals surface area (Å²) in [5, 5.41) is 0. The summed E-state index contributed by atoms with van der Waals surface area (Å²) in [6.07, 6.45) is 3.08. The van der Waals surface area contributed by atoms with E-state index in [0.29, 0.717) is 5.56 Å². The van der Waals surface area contributed by atoms with Gasteiger partial charge in [-0.25, -0.2) is 4.79 Å². The van der Waals surface area contributed by atoms with Crippen LogP contribution in [0.25, 0.3) is 11.3 Å². The number of hydrogen-bond acceptors (Lipinski definition) is 3. The summed E-state index contributed by atoms with van der Waals surface area (Å²) in [6, 6.07) is 10.3. The van der Waals surface area contributed by atoms with E-state index < -0.39 is 0 Å². The molecule has 3 rings (SSSR count). The number of ether oxygens (including phenoxy) is 1. The van der Waals surface area contributed by atoms with Crippen molar-refractivity contribution in [3.63, 3.8) is 0 Å². The van der Waals surface area contributed by atoms with Crippen LogP contribution < -0.4 is 0 Å². The minimum absolute atomic E-state index is 0.310. The van der Waals surface area contributed by atoms with Crippen LogP contribution in [0.4, 0.5) is 0 Å². The molecule has 102 valence electrons. The molecule has 0 N–H and O–H groups in total. The number of rotatable bonds is 1. The minimum atomic E-state index is -0.310. The predicted molar refractivity (Wildman–Crippen MR) is 77.8 cm³/mol. The van der Waals surface area contributed by atoms with Crippen LogP contribution in [0.5, 0.6) is 0 Å². The van der Waals surface area contributed by atoms with Gasteiger partial charge in [0.15, 0.2) is 0 Å². The van der Waals surface area contributed by atoms with Crippen LogP contribution in [0.3, 0.4) is 0 Å². The molecular formula is C17H17NO2. The minimum Gasteiger partial charge on any atom is -0.465 e. The fraction of sp³-hybridized carbons (Fsp3) is 0.294. The van der Waals surface area contributed by atoms with E-state index in [9.17, 15) is 4.79 Å². The van der Waals surface area contributed by atoms with Gasteiger partial charge in [0.25, 0.3) is 0 Å². The molecule has 1 aliphatic rings. The molecule has 0 fully saturated rings. The smallest absolute Gasteiger partial charge is 0.339 e. The van der Waals surface area contributed by atoms with Crippen molar-refractivity contribution in [2.24, 2.45) is 0 Å².